The number of benzene rings is 1. The second kappa shape index (κ2) is 8.98. The number of carbonyl (C=O) groups excluding carboxylic acids is 1. The van der Waals surface area contributed by atoms with E-state index in [0.717, 1.165) is 46.3 Å². The van der Waals surface area contributed by atoms with E-state index in [9.17, 15) is 4.79 Å². The Balaban J connectivity index is 1.36. The quantitative estimate of drug-likeness (QED) is 0.252. The normalized spacial score (nSPS) is 14.4. The molecule has 168 valence electrons. The molecule has 0 saturated heterocycles. The molecule has 1 aromatic carbocycles. The Morgan fingerprint density at radius 3 is 2.52 bits per heavy atom. The van der Waals surface area contributed by atoms with Gasteiger partial charge in [-0.3, -0.25) is 14.3 Å². The maximum absolute atomic E-state index is 13.2. The van der Waals surface area contributed by atoms with Gasteiger partial charge in [0.05, 0.1) is 11.8 Å². The largest absolute Gasteiger partial charge is 0.341 e. The molecule has 3 heterocycles. The van der Waals surface area contributed by atoms with Crippen LogP contribution in [0.15, 0.2) is 66.1 Å². The maximum Gasteiger partial charge on any atom is 0.192 e. The molecule has 1 aliphatic carbocycles. The molecule has 6 nitrogen and oxygen atoms in total. The maximum atomic E-state index is 13.2. The summed E-state index contributed by atoms with van der Waals surface area (Å²) in [4.78, 5) is 17.3. The molecular weight excluding hydrogens is 430 g/mol. The van der Waals surface area contributed by atoms with Crippen molar-refractivity contribution in [3.63, 3.8) is 0 Å². The molecule has 0 aliphatic heterocycles. The second-order valence-corrected chi connectivity index (χ2v) is 9.54. The van der Waals surface area contributed by atoms with Gasteiger partial charge < -0.3 is 4.57 Å². The summed E-state index contributed by atoms with van der Waals surface area (Å²) in [5.41, 5.74) is 5.12. The van der Waals surface area contributed by atoms with Crippen molar-refractivity contribution in [2.45, 2.75) is 50.9 Å². The first-order chi connectivity index (χ1) is 16.0. The highest BCUT2D eigenvalue weighted by Crippen LogP contribution is 2.41. The van der Waals surface area contributed by atoms with Gasteiger partial charge in [0, 0.05) is 41.0 Å². The molecule has 0 radical (unpaired) electrons. The topological polar surface area (TPSA) is 65.6 Å². The number of thioether (sulfide) groups is 1. The van der Waals surface area contributed by atoms with E-state index in [2.05, 4.69) is 62.4 Å². The number of nitrogens with zero attached hydrogens (tertiary/aromatic N) is 5. The van der Waals surface area contributed by atoms with E-state index < -0.39 is 0 Å². The van der Waals surface area contributed by atoms with Crippen molar-refractivity contribution in [2.24, 2.45) is 0 Å². The van der Waals surface area contributed by atoms with Crippen molar-refractivity contribution in [3.8, 4) is 11.4 Å². The van der Waals surface area contributed by atoms with Gasteiger partial charge in [0.1, 0.15) is 0 Å². The summed E-state index contributed by atoms with van der Waals surface area (Å²) in [5.74, 6) is 1.31. The van der Waals surface area contributed by atoms with E-state index >= 15 is 0 Å². The van der Waals surface area contributed by atoms with Crippen molar-refractivity contribution in [1.82, 2.24) is 24.3 Å². The molecule has 0 unspecified atom stereocenters. The Morgan fingerprint density at radius 1 is 1.09 bits per heavy atom. The first kappa shape index (κ1) is 21.6. The average molecular weight is 458 g/mol. The number of aryl methyl sites for hydroxylation is 1. The molecule has 1 atom stereocenters. The monoisotopic (exact) mass is 457 g/mol. The SMILES string of the molecule is Cc1cc(C(=O)CSc2nnc(-c3ccncc3)n2C2CC2)c(C)n1[C@H](C)c1ccccc1. The number of carbonyl (C=O) groups is 1. The van der Waals surface area contributed by atoms with Crippen LogP contribution in [0.25, 0.3) is 11.4 Å². The summed E-state index contributed by atoms with van der Waals surface area (Å²) in [7, 11) is 0. The zero-order chi connectivity index (χ0) is 22.9. The van der Waals surface area contributed by atoms with E-state index in [0.29, 0.717) is 11.8 Å². The number of Topliss-reactive ketones (excluding diaryl/α,β-unsaturated/α-hetero) is 1. The molecule has 0 N–H and O–H groups in total. The third-order valence-electron chi connectivity index (χ3n) is 6.30. The summed E-state index contributed by atoms with van der Waals surface area (Å²) < 4.78 is 4.44. The zero-order valence-corrected chi connectivity index (χ0v) is 19.9. The first-order valence-electron chi connectivity index (χ1n) is 11.3. The highest BCUT2D eigenvalue weighted by Gasteiger charge is 2.30. The Labute approximate surface area is 198 Å². The van der Waals surface area contributed by atoms with Crippen LogP contribution in [0.3, 0.4) is 0 Å². The molecule has 4 aromatic rings. The van der Waals surface area contributed by atoms with Crippen LogP contribution in [0.4, 0.5) is 0 Å². The highest BCUT2D eigenvalue weighted by molar-refractivity contribution is 7.99. The minimum atomic E-state index is 0.121. The molecule has 0 amide bonds. The van der Waals surface area contributed by atoms with Gasteiger partial charge in [0.25, 0.3) is 0 Å². The molecular formula is C26H27N5OS. The van der Waals surface area contributed by atoms with Crippen molar-refractivity contribution in [1.29, 1.82) is 0 Å². The number of aromatic nitrogens is 5. The third kappa shape index (κ3) is 4.25. The minimum Gasteiger partial charge on any atom is -0.341 e. The van der Waals surface area contributed by atoms with Gasteiger partial charge in [0.2, 0.25) is 0 Å². The predicted octanol–water partition coefficient (Wildman–Crippen LogP) is 5.68. The van der Waals surface area contributed by atoms with Crippen molar-refractivity contribution < 1.29 is 4.79 Å². The first-order valence-corrected chi connectivity index (χ1v) is 12.3. The fourth-order valence-electron chi connectivity index (χ4n) is 4.48. The number of hydrogen-bond donors (Lipinski definition) is 0. The molecule has 1 aliphatic rings. The lowest BCUT2D eigenvalue weighted by atomic mass is 10.1. The second-order valence-electron chi connectivity index (χ2n) is 8.60. The van der Waals surface area contributed by atoms with E-state index in [1.165, 1.54) is 17.3 Å². The average Bonchev–Trinajstić information content (AvgIpc) is 3.52. The summed E-state index contributed by atoms with van der Waals surface area (Å²) in [6.07, 6.45) is 5.78. The van der Waals surface area contributed by atoms with Gasteiger partial charge in [-0.2, -0.15) is 0 Å². The van der Waals surface area contributed by atoms with Crippen LogP contribution in [-0.2, 0) is 0 Å². The Kier molecular flexibility index (Phi) is 5.89. The van der Waals surface area contributed by atoms with Crippen molar-refractivity contribution >= 4 is 17.5 Å². The highest BCUT2D eigenvalue weighted by atomic mass is 32.2. The smallest absolute Gasteiger partial charge is 0.192 e. The summed E-state index contributed by atoms with van der Waals surface area (Å²) >= 11 is 1.48. The van der Waals surface area contributed by atoms with E-state index in [4.69, 9.17) is 0 Å². The fraction of sp³-hybridized carbons (Fsp3) is 0.308. The van der Waals surface area contributed by atoms with Gasteiger partial charge in [-0.25, -0.2) is 0 Å². The predicted molar refractivity (Wildman–Crippen MR) is 131 cm³/mol. The molecule has 1 fully saturated rings. The Hall–Kier alpha value is -3.19. The third-order valence-corrected chi connectivity index (χ3v) is 7.24. The molecule has 3 aromatic heterocycles. The van der Waals surface area contributed by atoms with Crippen LogP contribution >= 0.6 is 11.8 Å². The van der Waals surface area contributed by atoms with Crippen molar-refractivity contribution in [3.05, 3.63) is 83.4 Å². The molecule has 5 rings (SSSR count). The molecule has 1 saturated carbocycles. The van der Waals surface area contributed by atoms with Gasteiger partial charge in [0.15, 0.2) is 16.8 Å². The number of pyridine rings is 1. The van der Waals surface area contributed by atoms with Crippen LogP contribution < -0.4 is 0 Å². The zero-order valence-electron chi connectivity index (χ0n) is 19.1. The van der Waals surface area contributed by atoms with Gasteiger partial charge in [-0.15, -0.1) is 10.2 Å². The minimum absolute atomic E-state index is 0.121. The summed E-state index contributed by atoms with van der Waals surface area (Å²) in [5, 5.41) is 9.68. The van der Waals surface area contributed by atoms with E-state index in [-0.39, 0.29) is 11.8 Å². The van der Waals surface area contributed by atoms with Gasteiger partial charge in [-0.1, -0.05) is 42.1 Å². The molecule has 7 heteroatoms. The van der Waals surface area contributed by atoms with E-state index in [1.54, 1.807) is 12.4 Å². The number of hydrogen-bond acceptors (Lipinski definition) is 5. The number of rotatable bonds is 8. The lowest BCUT2D eigenvalue weighted by molar-refractivity contribution is 0.102. The summed E-state index contributed by atoms with van der Waals surface area (Å²) in [6.45, 7) is 6.29. The fourth-order valence-corrected chi connectivity index (χ4v) is 5.37. The molecule has 0 bridgehead atoms. The van der Waals surface area contributed by atoms with Crippen LogP contribution in [0.2, 0.25) is 0 Å². The van der Waals surface area contributed by atoms with Gasteiger partial charge >= 0.3 is 0 Å². The lowest BCUT2D eigenvalue weighted by Gasteiger charge is -2.19. The van der Waals surface area contributed by atoms with Crippen LogP contribution in [0.1, 0.15) is 59.2 Å². The van der Waals surface area contributed by atoms with Crippen LogP contribution in [0, 0.1) is 13.8 Å². The van der Waals surface area contributed by atoms with Crippen LogP contribution in [0.5, 0.6) is 0 Å². The molecule has 33 heavy (non-hydrogen) atoms. The van der Waals surface area contributed by atoms with E-state index in [1.807, 2.05) is 31.2 Å². The van der Waals surface area contributed by atoms with Crippen LogP contribution in [-0.4, -0.2) is 35.9 Å². The number of ketones is 1. The lowest BCUT2D eigenvalue weighted by Crippen LogP contribution is -2.12. The molecule has 0 spiro atoms. The standard InChI is InChI=1S/C26H27N5OS/c1-17-15-23(19(3)30(17)18(2)20-7-5-4-6-8-20)24(32)16-33-26-29-28-25(31(26)22-9-10-22)21-11-13-27-14-12-21/h4-8,11-15,18,22H,9-10,16H2,1-3H3/t18-/m1/s1. The Bertz CT molecular complexity index is 1280. The summed E-state index contributed by atoms with van der Waals surface area (Å²) in [6, 6.07) is 16.9. The van der Waals surface area contributed by atoms with Crippen molar-refractivity contribution in [2.75, 3.05) is 5.75 Å². The van der Waals surface area contributed by atoms with Gasteiger partial charge in [-0.05, 0) is 57.4 Å². The Morgan fingerprint density at radius 2 is 1.82 bits per heavy atom.